The molecule has 1 atom stereocenters. The zero-order valence-electron chi connectivity index (χ0n) is 17.0. The second-order valence-corrected chi connectivity index (χ2v) is 14.4. The van der Waals surface area contributed by atoms with Gasteiger partial charge in [-0.05, 0) is 62.2 Å². The van der Waals surface area contributed by atoms with E-state index >= 15 is 0 Å². The predicted molar refractivity (Wildman–Crippen MR) is 107 cm³/mol. The van der Waals surface area contributed by atoms with Gasteiger partial charge in [-0.3, -0.25) is 4.79 Å². The maximum Gasteiger partial charge on any atom is 0.295 e. The molecule has 144 valence electrons. The maximum absolute atomic E-state index is 13.0. The Kier molecular flexibility index (Phi) is 8.21. The summed E-state index contributed by atoms with van der Waals surface area (Å²) in [5.41, 5.74) is 1.92. The Morgan fingerprint density at radius 3 is 1.84 bits per heavy atom. The lowest BCUT2D eigenvalue weighted by Gasteiger charge is -2.44. The third-order valence-electron chi connectivity index (χ3n) is 6.28. The van der Waals surface area contributed by atoms with E-state index in [1.165, 1.54) is 51.4 Å². The van der Waals surface area contributed by atoms with E-state index in [9.17, 15) is 4.79 Å². The average molecular weight is 383 g/mol. The van der Waals surface area contributed by atoms with Crippen LogP contribution in [0.3, 0.4) is 0 Å². The van der Waals surface area contributed by atoms with Gasteiger partial charge in [0.2, 0.25) is 9.76 Å². The zero-order valence-corrected chi connectivity index (χ0v) is 19.0. The summed E-state index contributed by atoms with van der Waals surface area (Å²) < 4.78 is 12.3. The van der Waals surface area contributed by atoms with Crippen molar-refractivity contribution in [1.82, 2.24) is 0 Å². The van der Waals surface area contributed by atoms with Crippen molar-refractivity contribution in [2.24, 2.45) is 5.92 Å². The smallest absolute Gasteiger partial charge is 0.295 e. The van der Waals surface area contributed by atoms with Crippen LogP contribution >= 0.6 is 0 Å². The van der Waals surface area contributed by atoms with Crippen LogP contribution in [0.25, 0.3) is 0 Å². The van der Waals surface area contributed by atoms with E-state index in [1.54, 1.807) is 0 Å². The van der Waals surface area contributed by atoms with Crippen molar-refractivity contribution in [3.8, 4) is 0 Å². The predicted octanol–water partition coefficient (Wildman–Crippen LogP) is 5.87. The van der Waals surface area contributed by atoms with Crippen molar-refractivity contribution in [3.63, 3.8) is 0 Å². The van der Waals surface area contributed by atoms with Crippen LogP contribution in [-0.4, -0.2) is 30.2 Å². The average Bonchev–Trinajstić information content (AvgIpc) is 3.25. The normalized spacial score (nSPS) is 21.4. The van der Waals surface area contributed by atoms with E-state index in [1.807, 2.05) is 20.8 Å². The van der Waals surface area contributed by atoms with Gasteiger partial charge in [-0.15, -0.1) is 0 Å². The lowest BCUT2D eigenvalue weighted by atomic mass is 10.2. The molecule has 2 aliphatic carbocycles. The summed E-state index contributed by atoms with van der Waals surface area (Å²) in [6.45, 7) is 10.8. The number of carbonyl (C=O) groups excluding carboxylic acids is 1. The van der Waals surface area contributed by atoms with Crippen LogP contribution in [0.15, 0.2) is 0 Å². The summed E-state index contributed by atoms with van der Waals surface area (Å²) >= 11 is 0. The van der Waals surface area contributed by atoms with Gasteiger partial charge in [0, 0.05) is 6.10 Å². The molecule has 0 aliphatic heterocycles. The first-order valence-electron chi connectivity index (χ1n) is 10.5. The topological polar surface area (TPSA) is 35.5 Å². The van der Waals surface area contributed by atoms with Gasteiger partial charge in [-0.1, -0.05) is 46.5 Å². The fourth-order valence-corrected chi connectivity index (χ4v) is 12.2. The van der Waals surface area contributed by atoms with Crippen LogP contribution in [0.4, 0.5) is 0 Å². The Morgan fingerprint density at radius 2 is 1.44 bits per heavy atom. The molecule has 3 nitrogen and oxygen atoms in total. The molecular weight excluding hydrogens is 344 g/mol. The van der Waals surface area contributed by atoms with E-state index in [2.05, 4.69) is 13.8 Å². The van der Waals surface area contributed by atoms with Gasteiger partial charge >= 0.3 is 0 Å². The highest BCUT2D eigenvalue weighted by Crippen LogP contribution is 2.55. The fourth-order valence-electron chi connectivity index (χ4n) is 5.01. The molecular formula is C20H38O3Si2. The molecule has 2 aliphatic rings. The van der Waals surface area contributed by atoms with Gasteiger partial charge in [0.1, 0.15) is 0 Å². The second-order valence-electron chi connectivity index (χ2n) is 8.81. The molecule has 0 bridgehead atoms. The molecule has 25 heavy (non-hydrogen) atoms. The first kappa shape index (κ1) is 21.2. The van der Waals surface area contributed by atoms with Crippen LogP contribution in [0.1, 0.15) is 86.0 Å². The van der Waals surface area contributed by atoms with E-state index in [-0.39, 0.29) is 18.0 Å². The molecule has 0 spiro atoms. The van der Waals surface area contributed by atoms with Gasteiger partial charge in [-0.25, -0.2) is 0 Å². The molecule has 5 heteroatoms. The summed E-state index contributed by atoms with van der Waals surface area (Å²) in [4.78, 5) is 13.0. The van der Waals surface area contributed by atoms with Gasteiger partial charge < -0.3 is 8.85 Å². The summed E-state index contributed by atoms with van der Waals surface area (Å²) in [7, 11) is -1.68. The van der Waals surface area contributed by atoms with Gasteiger partial charge in [0.05, 0.1) is 5.92 Å². The minimum absolute atomic E-state index is 0.0366. The van der Waals surface area contributed by atoms with Gasteiger partial charge in [0.15, 0.2) is 0 Å². The molecule has 2 rings (SSSR count). The summed E-state index contributed by atoms with van der Waals surface area (Å²) in [6, 6.07) is 0.801. The van der Waals surface area contributed by atoms with E-state index in [0.717, 1.165) is 6.04 Å². The van der Waals surface area contributed by atoms with Crippen LogP contribution in [0, 0.1) is 5.92 Å². The van der Waals surface area contributed by atoms with E-state index < -0.39 is 8.32 Å². The lowest BCUT2D eigenvalue weighted by molar-refractivity contribution is -0.139. The summed E-state index contributed by atoms with van der Waals surface area (Å²) in [5, 5.41) is 0. The molecule has 0 amide bonds. The van der Waals surface area contributed by atoms with Crippen LogP contribution in [-0.2, 0) is 13.6 Å². The minimum Gasteiger partial charge on any atom is -0.518 e. The first-order valence-corrected chi connectivity index (χ1v) is 13.7. The van der Waals surface area contributed by atoms with Crippen molar-refractivity contribution in [3.05, 3.63) is 0 Å². The van der Waals surface area contributed by atoms with Crippen molar-refractivity contribution in [2.75, 3.05) is 0 Å². The van der Waals surface area contributed by atoms with E-state index in [0.29, 0.717) is 26.4 Å². The highest BCUT2D eigenvalue weighted by Gasteiger charge is 2.55. The number of rotatable bonds is 9. The molecule has 2 saturated carbocycles. The van der Waals surface area contributed by atoms with Gasteiger partial charge in [0.25, 0.3) is 14.3 Å². The molecule has 2 radical (unpaired) electrons. The van der Waals surface area contributed by atoms with E-state index in [4.69, 9.17) is 8.85 Å². The van der Waals surface area contributed by atoms with Gasteiger partial charge in [-0.2, -0.15) is 0 Å². The number of carbonyl (C=O) groups is 1. The van der Waals surface area contributed by atoms with Crippen LogP contribution in [0.2, 0.25) is 22.7 Å². The molecule has 0 heterocycles. The molecule has 0 aromatic rings. The third kappa shape index (κ3) is 5.19. The second kappa shape index (κ2) is 9.70. The van der Waals surface area contributed by atoms with Crippen LogP contribution < -0.4 is 0 Å². The highest BCUT2D eigenvalue weighted by molar-refractivity contribution is 6.79. The molecule has 1 unspecified atom stereocenters. The third-order valence-corrected chi connectivity index (χ3v) is 13.8. The quantitative estimate of drug-likeness (QED) is 0.468. The molecule has 0 N–H and O–H groups in total. The Hall–Kier alpha value is -0.136. The Balaban J connectivity index is 2.10. The maximum atomic E-state index is 13.0. The van der Waals surface area contributed by atoms with Crippen molar-refractivity contribution in [1.29, 1.82) is 0 Å². The number of hydrogen-bond donors (Lipinski definition) is 0. The summed E-state index contributed by atoms with van der Waals surface area (Å²) in [6.07, 6.45) is 10.7. The molecule has 0 aromatic carbocycles. The minimum atomic E-state index is -2.08. The van der Waals surface area contributed by atoms with Crippen molar-refractivity contribution >= 4 is 24.0 Å². The largest absolute Gasteiger partial charge is 0.518 e. The first-order chi connectivity index (χ1) is 11.9. The SMILES string of the molecule is CC(C)O[Si]CC(C)C(=O)O[Si](C(C)C)(C1CCCC1)C1CCCC1. The zero-order chi connectivity index (χ0) is 18.4. The Labute approximate surface area is 158 Å². The fraction of sp³-hybridized carbons (Fsp3) is 0.950. The summed E-state index contributed by atoms with van der Waals surface area (Å²) in [5.74, 6) is 0.0320. The van der Waals surface area contributed by atoms with Crippen LogP contribution in [0.5, 0.6) is 0 Å². The Bertz CT molecular complexity index is 397. The standard InChI is InChI=1S/C20H38O3Si2/c1-15(2)22-24-14-17(5)20(21)23-25(16(3)4,18-10-6-7-11-18)19-12-8-9-13-19/h15-19H,6-14H2,1-5H3. The number of hydrogen-bond acceptors (Lipinski definition) is 3. The lowest BCUT2D eigenvalue weighted by Crippen LogP contribution is -2.51. The van der Waals surface area contributed by atoms with Crippen molar-refractivity contribution < 1.29 is 13.6 Å². The molecule has 0 saturated heterocycles. The molecule has 0 aromatic heterocycles. The van der Waals surface area contributed by atoms with Crippen molar-refractivity contribution in [2.45, 2.75) is 115 Å². The monoisotopic (exact) mass is 382 g/mol. The molecule has 2 fully saturated rings. The Morgan fingerprint density at radius 1 is 0.960 bits per heavy atom. The highest BCUT2D eigenvalue weighted by atomic mass is 28.4.